The number of benzene rings is 2. The summed E-state index contributed by atoms with van der Waals surface area (Å²) in [5, 5.41) is 1.00. The molecule has 0 amide bonds. The molecule has 0 N–H and O–H groups in total. The van der Waals surface area contributed by atoms with Gasteiger partial charge in [-0.15, -0.1) is 141 Å². The van der Waals surface area contributed by atoms with Crippen LogP contribution in [0.3, 0.4) is 0 Å². The van der Waals surface area contributed by atoms with Gasteiger partial charge in [-0.2, -0.15) is 0 Å². The highest BCUT2D eigenvalue weighted by Crippen LogP contribution is 2.55. The summed E-state index contributed by atoms with van der Waals surface area (Å²) in [6.07, 6.45) is 22.2. The summed E-state index contributed by atoms with van der Waals surface area (Å²) in [7, 11) is 0. The molecule has 0 nitrogen and oxygen atoms in total. The molecular formula is C23H32S12. The smallest absolute Gasteiger partial charge is 0.0488 e. The van der Waals surface area contributed by atoms with Gasteiger partial charge in [0, 0.05) is 63.8 Å². The lowest BCUT2D eigenvalue weighted by Crippen LogP contribution is -1.97. The van der Waals surface area contributed by atoms with Crippen LogP contribution >= 0.6 is 141 Å². The zero-order valence-corrected chi connectivity index (χ0v) is 31.4. The Kier molecular flexibility index (Phi) is 16.9. The third kappa shape index (κ3) is 7.49. The van der Waals surface area contributed by atoms with Gasteiger partial charge in [-0.05, 0) is 62.6 Å². The highest BCUT2D eigenvalue weighted by atomic mass is 32.2. The molecule has 0 spiro atoms. The maximum Gasteiger partial charge on any atom is 0.0488 e. The molecule has 0 saturated heterocycles. The van der Waals surface area contributed by atoms with Crippen LogP contribution in [0.1, 0.15) is 0 Å². The molecule has 0 aliphatic rings. The molecule has 0 saturated carbocycles. The van der Waals surface area contributed by atoms with E-state index < -0.39 is 0 Å². The van der Waals surface area contributed by atoms with Gasteiger partial charge >= 0.3 is 0 Å². The highest BCUT2D eigenvalue weighted by molar-refractivity contribution is 8.17. The number of hydrogen-bond donors (Lipinski definition) is 0. The maximum absolute atomic E-state index is 2.23. The predicted octanol–water partition coefficient (Wildman–Crippen LogP) is 11.7. The van der Waals surface area contributed by atoms with Crippen molar-refractivity contribution in [3.8, 4) is 0 Å². The van der Waals surface area contributed by atoms with E-state index in [1.165, 1.54) is 58.7 Å². The zero-order valence-electron chi connectivity index (χ0n) is 21.6. The Morgan fingerprint density at radius 2 is 0.400 bits per heavy atom. The summed E-state index contributed by atoms with van der Waals surface area (Å²) in [4.78, 5) is 17.3. The van der Waals surface area contributed by atoms with Gasteiger partial charge in [0.05, 0.1) is 0 Å². The normalized spacial score (nSPS) is 11.5. The molecule has 0 atom stereocenters. The van der Waals surface area contributed by atoms with Crippen LogP contribution in [0.5, 0.6) is 0 Å². The van der Waals surface area contributed by atoms with Crippen LogP contribution in [0.25, 0.3) is 0 Å². The molecule has 2 rings (SSSR count). The van der Waals surface area contributed by atoms with Gasteiger partial charge in [-0.3, -0.25) is 0 Å². The van der Waals surface area contributed by atoms with Gasteiger partial charge in [0.25, 0.3) is 0 Å². The predicted molar refractivity (Wildman–Crippen MR) is 187 cm³/mol. The Hall–Kier alpha value is 2.64. The van der Waals surface area contributed by atoms with E-state index in [2.05, 4.69) is 62.6 Å². The van der Waals surface area contributed by atoms with E-state index in [0.29, 0.717) is 0 Å². The summed E-state index contributed by atoms with van der Waals surface area (Å²) >= 11 is 23.0. The third-order valence-corrected chi connectivity index (χ3v) is 17.0. The molecule has 12 heteroatoms. The van der Waals surface area contributed by atoms with Gasteiger partial charge in [0.15, 0.2) is 0 Å². The van der Waals surface area contributed by atoms with Crippen molar-refractivity contribution < 1.29 is 0 Å². The molecule has 35 heavy (non-hydrogen) atoms. The van der Waals surface area contributed by atoms with E-state index in [1.807, 2.05) is 141 Å². The fourth-order valence-electron chi connectivity index (χ4n) is 3.50. The van der Waals surface area contributed by atoms with Gasteiger partial charge in [-0.25, -0.2) is 0 Å². The van der Waals surface area contributed by atoms with Crippen LogP contribution in [0.4, 0.5) is 0 Å². The zero-order chi connectivity index (χ0) is 26.1. The molecule has 196 valence electrons. The van der Waals surface area contributed by atoms with Gasteiger partial charge in [0.2, 0.25) is 0 Å². The largest absolute Gasteiger partial charge is 0.127 e. The van der Waals surface area contributed by atoms with Gasteiger partial charge in [0.1, 0.15) is 0 Å². The van der Waals surface area contributed by atoms with Crippen molar-refractivity contribution in [2.24, 2.45) is 0 Å². The van der Waals surface area contributed by atoms with Crippen molar-refractivity contribution in [3.63, 3.8) is 0 Å². The quantitative estimate of drug-likeness (QED) is 0.137. The summed E-state index contributed by atoms with van der Waals surface area (Å²) in [5.74, 6) is 0. The van der Waals surface area contributed by atoms with Crippen LogP contribution in [0, 0.1) is 0 Å². The molecule has 0 heterocycles. The maximum atomic E-state index is 2.23. The van der Waals surface area contributed by atoms with Crippen LogP contribution < -0.4 is 0 Å². The van der Waals surface area contributed by atoms with E-state index in [9.17, 15) is 0 Å². The summed E-state index contributed by atoms with van der Waals surface area (Å²) in [5.41, 5.74) is 0. The average Bonchev–Trinajstić information content (AvgIpc) is 2.90. The van der Waals surface area contributed by atoms with E-state index in [-0.39, 0.29) is 0 Å². The lowest BCUT2D eigenvalue weighted by molar-refractivity contribution is 0.877. The topological polar surface area (TPSA) is 0 Å². The molecule has 0 unspecified atom stereocenters. The molecule has 0 aromatic heterocycles. The Labute approximate surface area is 264 Å². The Morgan fingerprint density at radius 1 is 0.257 bits per heavy atom. The van der Waals surface area contributed by atoms with E-state index in [1.54, 1.807) is 0 Å². The van der Waals surface area contributed by atoms with E-state index in [0.717, 1.165) is 5.08 Å². The molecule has 0 fully saturated rings. The van der Waals surface area contributed by atoms with Crippen molar-refractivity contribution in [2.45, 2.75) is 58.7 Å². The van der Waals surface area contributed by atoms with Crippen molar-refractivity contribution in [1.29, 1.82) is 0 Å². The highest BCUT2D eigenvalue weighted by Gasteiger charge is 2.25. The van der Waals surface area contributed by atoms with Crippen LogP contribution in [-0.4, -0.2) is 67.6 Å². The summed E-state index contributed by atoms with van der Waals surface area (Å²) < 4.78 is 0. The molecule has 0 aliphatic carbocycles. The van der Waals surface area contributed by atoms with Crippen molar-refractivity contribution in [2.75, 3.05) is 67.6 Å². The van der Waals surface area contributed by atoms with Crippen molar-refractivity contribution in [3.05, 3.63) is 0 Å². The SMILES string of the molecule is CSc1c(SC)c(SC)c(SCSc2c(SC)c(SC)c(SC)c(SC)c2SC)c(SC)c1SC. The first-order valence-electron chi connectivity index (χ1n) is 10.1. The standard InChI is InChI=1S/C23H32S12/c1-24-12-14(26-3)18(30-7)22(19(31-8)15(12)27-4)34-11-35-23-20(32-9)16(28-5)13(25-2)17(29-6)21(23)33-10/h11H2,1-10H3. The second kappa shape index (κ2) is 17.5. The van der Waals surface area contributed by atoms with Gasteiger partial charge < -0.3 is 0 Å². The summed E-state index contributed by atoms with van der Waals surface area (Å²) in [6, 6.07) is 0. The molecule has 0 aliphatic heterocycles. The lowest BCUT2D eigenvalue weighted by Gasteiger charge is -2.23. The number of hydrogen-bond acceptors (Lipinski definition) is 12. The van der Waals surface area contributed by atoms with E-state index in [4.69, 9.17) is 0 Å². The minimum absolute atomic E-state index is 1.00. The van der Waals surface area contributed by atoms with Crippen molar-refractivity contribution in [1.82, 2.24) is 0 Å². The van der Waals surface area contributed by atoms with Crippen LogP contribution in [0.2, 0.25) is 0 Å². The van der Waals surface area contributed by atoms with Crippen LogP contribution in [-0.2, 0) is 0 Å². The Balaban J connectivity index is 2.60. The fraction of sp³-hybridized carbons (Fsp3) is 0.478. The van der Waals surface area contributed by atoms with E-state index >= 15 is 0 Å². The Bertz CT molecular complexity index is 859. The summed E-state index contributed by atoms with van der Waals surface area (Å²) in [6.45, 7) is 0. The molecule has 0 radical (unpaired) electrons. The average molecular weight is 693 g/mol. The lowest BCUT2D eigenvalue weighted by atomic mass is 10.3. The number of thioether (sulfide) groups is 12. The third-order valence-electron chi connectivity index (χ3n) is 4.92. The second-order valence-electron chi connectivity index (χ2n) is 6.40. The molecular weight excluding hydrogens is 661 g/mol. The monoisotopic (exact) mass is 692 g/mol. The minimum Gasteiger partial charge on any atom is -0.127 e. The second-order valence-corrected chi connectivity index (χ2v) is 16.9. The van der Waals surface area contributed by atoms with Gasteiger partial charge in [-0.1, -0.05) is 0 Å². The van der Waals surface area contributed by atoms with Crippen molar-refractivity contribution >= 4 is 141 Å². The number of rotatable bonds is 14. The first kappa shape index (κ1) is 33.8. The first-order valence-corrected chi connectivity index (χ1v) is 24.3. The molecule has 0 bridgehead atoms. The first-order chi connectivity index (χ1) is 17.0. The molecule has 2 aromatic carbocycles. The Morgan fingerprint density at radius 3 is 0.543 bits per heavy atom. The van der Waals surface area contributed by atoms with Crippen LogP contribution in [0.15, 0.2) is 58.7 Å². The fourth-order valence-corrected chi connectivity index (χ4v) is 17.8. The molecule has 2 aromatic rings. The minimum atomic E-state index is 1.00.